The van der Waals surface area contributed by atoms with Gasteiger partial charge in [-0.05, 0) is 56.1 Å². The van der Waals surface area contributed by atoms with Crippen molar-refractivity contribution in [2.75, 3.05) is 18.8 Å². The van der Waals surface area contributed by atoms with E-state index in [4.69, 9.17) is 12.2 Å². The Morgan fingerprint density at radius 3 is 2.66 bits per heavy atom. The number of nitrogens with one attached hydrogen (secondary N) is 2. The molecule has 2 heterocycles. The standard InChI is InChI=1S/C26H37N5O2.2ClH/c1-3-13-28-22(15-19-8-5-4-6-9-19)24(32)31-14-7-10-21-16-26(21,31)25(33)29-17-20-11-12-23(27)30-18(20)2;;/h1,11-12,19,21-22,28H,4-10,13-17H2,2H3,(H2,27,30)(H,29,33);2*1H/t21-,22-,26+;;/m1../s1. The van der Waals surface area contributed by atoms with E-state index < -0.39 is 5.54 Å². The van der Waals surface area contributed by atoms with Gasteiger partial charge in [-0.1, -0.05) is 44.1 Å². The second kappa shape index (κ2) is 12.8. The summed E-state index contributed by atoms with van der Waals surface area (Å²) in [6, 6.07) is 3.32. The zero-order chi connectivity index (χ0) is 23.4. The lowest BCUT2D eigenvalue weighted by atomic mass is 9.84. The molecule has 0 spiro atoms. The summed E-state index contributed by atoms with van der Waals surface area (Å²) < 4.78 is 0. The molecular formula is C26H39Cl2N5O2. The van der Waals surface area contributed by atoms with Gasteiger partial charge in [0, 0.05) is 18.8 Å². The average molecular weight is 525 g/mol. The molecule has 3 atom stereocenters. The molecule has 4 N–H and O–H groups in total. The molecule has 35 heavy (non-hydrogen) atoms. The highest BCUT2D eigenvalue weighted by molar-refractivity contribution is 5.96. The van der Waals surface area contributed by atoms with Gasteiger partial charge in [0.1, 0.15) is 11.4 Å². The fraction of sp³-hybridized carbons (Fsp3) is 0.654. The number of hydrogen-bond donors (Lipinski definition) is 3. The van der Waals surface area contributed by atoms with Crippen LogP contribution >= 0.6 is 24.8 Å². The number of carbonyl (C=O) groups is 2. The third-order valence-corrected chi connectivity index (χ3v) is 7.85. The topological polar surface area (TPSA) is 100 Å². The molecule has 0 unspecified atom stereocenters. The van der Waals surface area contributed by atoms with Crippen LogP contribution < -0.4 is 16.4 Å². The number of pyridine rings is 1. The Hall–Kier alpha value is -2.01. The van der Waals surface area contributed by atoms with Gasteiger partial charge in [0.15, 0.2) is 0 Å². The summed E-state index contributed by atoms with van der Waals surface area (Å²) in [5, 5.41) is 6.39. The second-order valence-corrected chi connectivity index (χ2v) is 10.00. The Labute approximate surface area is 221 Å². The Morgan fingerprint density at radius 1 is 1.23 bits per heavy atom. The van der Waals surface area contributed by atoms with Crippen LogP contribution in [-0.2, 0) is 16.1 Å². The van der Waals surface area contributed by atoms with E-state index in [1.807, 2.05) is 17.9 Å². The predicted octanol–water partition coefficient (Wildman–Crippen LogP) is 3.37. The van der Waals surface area contributed by atoms with Crippen molar-refractivity contribution in [2.45, 2.75) is 82.8 Å². The van der Waals surface area contributed by atoms with Gasteiger partial charge in [-0.2, -0.15) is 0 Å². The number of hydrogen-bond acceptors (Lipinski definition) is 5. The number of likely N-dealkylation sites (tertiary alicyclic amines) is 1. The zero-order valence-corrected chi connectivity index (χ0v) is 22.2. The van der Waals surface area contributed by atoms with Crippen LogP contribution in [0.2, 0.25) is 0 Å². The minimum atomic E-state index is -0.715. The third kappa shape index (κ3) is 6.41. The summed E-state index contributed by atoms with van der Waals surface area (Å²) in [4.78, 5) is 33.4. The maximum atomic E-state index is 13.8. The average Bonchev–Trinajstić information content (AvgIpc) is 3.57. The van der Waals surface area contributed by atoms with Gasteiger partial charge in [-0.3, -0.25) is 14.9 Å². The Kier molecular flexibility index (Phi) is 10.7. The van der Waals surface area contributed by atoms with Crippen molar-refractivity contribution in [3.63, 3.8) is 0 Å². The monoisotopic (exact) mass is 523 g/mol. The van der Waals surface area contributed by atoms with Gasteiger partial charge in [0.2, 0.25) is 11.8 Å². The quantitative estimate of drug-likeness (QED) is 0.453. The first-order valence-electron chi connectivity index (χ1n) is 12.4. The number of halogens is 2. The summed E-state index contributed by atoms with van der Waals surface area (Å²) in [6.07, 6.45) is 15.1. The molecule has 9 heteroatoms. The number of aryl methyl sites for hydroxylation is 1. The van der Waals surface area contributed by atoms with Gasteiger partial charge in [0.25, 0.3) is 0 Å². The van der Waals surface area contributed by atoms with Crippen molar-refractivity contribution in [1.29, 1.82) is 0 Å². The fourth-order valence-electron chi connectivity index (χ4n) is 5.91. The molecule has 0 radical (unpaired) electrons. The molecule has 1 aromatic rings. The van der Waals surface area contributed by atoms with Gasteiger partial charge >= 0.3 is 0 Å². The molecule has 7 nitrogen and oxygen atoms in total. The van der Waals surface area contributed by atoms with E-state index in [1.165, 1.54) is 32.1 Å². The second-order valence-electron chi connectivity index (χ2n) is 10.00. The van der Waals surface area contributed by atoms with Crippen molar-refractivity contribution in [1.82, 2.24) is 20.5 Å². The highest BCUT2D eigenvalue weighted by Crippen LogP contribution is 2.54. The first-order chi connectivity index (χ1) is 16.0. The number of nitrogens with zero attached hydrogens (tertiary/aromatic N) is 2. The van der Waals surface area contributed by atoms with Crippen LogP contribution in [0.1, 0.15) is 69.0 Å². The lowest BCUT2D eigenvalue weighted by molar-refractivity contribution is -0.146. The van der Waals surface area contributed by atoms with Crippen molar-refractivity contribution >= 4 is 42.4 Å². The van der Waals surface area contributed by atoms with E-state index >= 15 is 0 Å². The molecule has 2 amide bonds. The lowest BCUT2D eigenvalue weighted by Crippen LogP contribution is -2.59. The Balaban J connectivity index is 0.00000216. The van der Waals surface area contributed by atoms with Crippen LogP contribution in [-0.4, -0.2) is 46.4 Å². The number of terminal acetylenes is 1. The highest BCUT2D eigenvalue weighted by Gasteiger charge is 2.66. The molecule has 194 valence electrons. The molecule has 0 bridgehead atoms. The summed E-state index contributed by atoms with van der Waals surface area (Å²) >= 11 is 0. The summed E-state index contributed by atoms with van der Waals surface area (Å²) in [6.45, 7) is 3.27. The minimum absolute atomic E-state index is 0. The van der Waals surface area contributed by atoms with Crippen LogP contribution in [0, 0.1) is 31.1 Å². The molecule has 3 fully saturated rings. The van der Waals surface area contributed by atoms with E-state index in [0.717, 1.165) is 36.9 Å². The molecular weight excluding hydrogens is 485 g/mol. The SMILES string of the molecule is C#CCN[C@H](CC1CCCCC1)C(=O)N1CCC[C@@H]2C[C@@]21C(=O)NCc1ccc(N)nc1C.Cl.Cl. The van der Waals surface area contributed by atoms with Crippen LogP contribution in [0.4, 0.5) is 5.82 Å². The molecule has 1 aromatic heterocycles. The normalized spacial score (nSPS) is 24.1. The lowest BCUT2D eigenvalue weighted by Gasteiger charge is -2.38. The van der Waals surface area contributed by atoms with Crippen molar-refractivity contribution < 1.29 is 9.59 Å². The predicted molar refractivity (Wildman–Crippen MR) is 143 cm³/mol. The van der Waals surface area contributed by atoms with Gasteiger partial charge in [-0.25, -0.2) is 4.98 Å². The number of nitrogens with two attached hydrogens (primary N) is 1. The Bertz CT molecular complexity index is 931. The fourth-order valence-corrected chi connectivity index (χ4v) is 5.91. The summed E-state index contributed by atoms with van der Waals surface area (Å²) in [5.41, 5.74) is 6.78. The number of piperidine rings is 1. The summed E-state index contributed by atoms with van der Waals surface area (Å²) in [7, 11) is 0. The Morgan fingerprint density at radius 2 is 1.97 bits per heavy atom. The van der Waals surface area contributed by atoms with E-state index in [1.54, 1.807) is 6.07 Å². The zero-order valence-electron chi connectivity index (χ0n) is 20.6. The first-order valence-corrected chi connectivity index (χ1v) is 12.4. The van der Waals surface area contributed by atoms with E-state index in [0.29, 0.717) is 31.4 Å². The number of rotatable bonds is 8. The van der Waals surface area contributed by atoms with Crippen molar-refractivity contribution in [3.8, 4) is 12.3 Å². The number of aromatic nitrogens is 1. The van der Waals surface area contributed by atoms with E-state index in [-0.39, 0.29) is 48.6 Å². The van der Waals surface area contributed by atoms with Crippen LogP contribution in [0.15, 0.2) is 12.1 Å². The molecule has 1 saturated heterocycles. The molecule has 4 rings (SSSR count). The van der Waals surface area contributed by atoms with Crippen LogP contribution in [0.3, 0.4) is 0 Å². The van der Waals surface area contributed by atoms with Gasteiger partial charge in [0.05, 0.1) is 12.6 Å². The third-order valence-electron chi connectivity index (χ3n) is 7.85. The number of amides is 2. The molecule has 3 aliphatic rings. The van der Waals surface area contributed by atoms with Crippen molar-refractivity contribution in [3.05, 3.63) is 23.4 Å². The maximum Gasteiger partial charge on any atom is 0.246 e. The van der Waals surface area contributed by atoms with Crippen molar-refractivity contribution in [2.24, 2.45) is 11.8 Å². The number of carbonyl (C=O) groups excluding carboxylic acids is 2. The van der Waals surface area contributed by atoms with Crippen LogP contribution in [0.5, 0.6) is 0 Å². The van der Waals surface area contributed by atoms with Crippen LogP contribution in [0.25, 0.3) is 0 Å². The van der Waals surface area contributed by atoms with Gasteiger partial charge in [-0.15, -0.1) is 31.2 Å². The molecule has 1 aliphatic heterocycles. The van der Waals surface area contributed by atoms with E-state index in [9.17, 15) is 9.59 Å². The summed E-state index contributed by atoms with van der Waals surface area (Å²) in [5.74, 6) is 3.86. The smallest absolute Gasteiger partial charge is 0.246 e. The minimum Gasteiger partial charge on any atom is -0.384 e. The number of anilines is 1. The first kappa shape index (κ1) is 29.2. The largest absolute Gasteiger partial charge is 0.384 e. The number of nitrogen functional groups attached to an aromatic ring is 1. The molecule has 2 aliphatic carbocycles. The van der Waals surface area contributed by atoms with E-state index in [2.05, 4.69) is 21.5 Å². The molecule has 2 saturated carbocycles. The highest BCUT2D eigenvalue weighted by atomic mass is 35.5. The van der Waals surface area contributed by atoms with Gasteiger partial charge < -0.3 is 16.0 Å². The maximum absolute atomic E-state index is 13.8. The molecule has 0 aromatic carbocycles. The number of fused-ring (bicyclic) bond motifs is 1.